The van der Waals surface area contributed by atoms with Gasteiger partial charge in [-0.05, 0) is 38.3 Å². The van der Waals surface area contributed by atoms with Gasteiger partial charge in [0.2, 0.25) is 11.7 Å². The number of rotatable bonds is 4. The third kappa shape index (κ3) is 3.05. The van der Waals surface area contributed by atoms with Crippen LogP contribution in [0.15, 0.2) is 10.6 Å². The first-order valence-corrected chi connectivity index (χ1v) is 8.88. The predicted octanol–water partition coefficient (Wildman–Crippen LogP) is 0.881. The van der Waals surface area contributed by atoms with Crippen LogP contribution in [0.25, 0.3) is 0 Å². The Bertz CT molecular complexity index is 638. The number of hydrogen-bond donors (Lipinski definition) is 2. The van der Waals surface area contributed by atoms with E-state index in [0.717, 1.165) is 32.4 Å². The van der Waals surface area contributed by atoms with Crippen LogP contribution in [-0.4, -0.2) is 53.4 Å². The van der Waals surface area contributed by atoms with E-state index in [1.54, 1.807) is 0 Å². The number of nitrogens with zero attached hydrogens (tertiary/aromatic N) is 2. The highest BCUT2D eigenvalue weighted by atomic mass is 16.4. The van der Waals surface area contributed by atoms with Gasteiger partial charge in [0.15, 0.2) is 5.89 Å². The number of piperidine rings is 1. The summed E-state index contributed by atoms with van der Waals surface area (Å²) >= 11 is 0. The van der Waals surface area contributed by atoms with E-state index in [-0.39, 0.29) is 29.5 Å². The van der Waals surface area contributed by atoms with Gasteiger partial charge in [-0.3, -0.25) is 9.59 Å². The third-order valence-corrected chi connectivity index (χ3v) is 5.40. The van der Waals surface area contributed by atoms with Crippen LogP contribution >= 0.6 is 0 Å². The Kier molecular flexibility index (Phi) is 4.04. The first-order valence-electron chi connectivity index (χ1n) is 8.88. The summed E-state index contributed by atoms with van der Waals surface area (Å²) in [6.45, 7) is 4.66. The first kappa shape index (κ1) is 15.6. The van der Waals surface area contributed by atoms with Crippen LogP contribution in [0.3, 0.4) is 0 Å². The molecule has 3 heterocycles. The fourth-order valence-electron chi connectivity index (χ4n) is 3.79. The second kappa shape index (κ2) is 6.20. The van der Waals surface area contributed by atoms with Gasteiger partial charge in [-0.25, -0.2) is 4.98 Å². The maximum Gasteiger partial charge on any atom is 0.289 e. The second-order valence-corrected chi connectivity index (χ2v) is 7.29. The lowest BCUT2D eigenvalue weighted by Gasteiger charge is -2.19. The third-order valence-electron chi connectivity index (χ3n) is 5.40. The lowest BCUT2D eigenvalue weighted by molar-refractivity contribution is -0.128. The Morgan fingerprint density at radius 2 is 2.17 bits per heavy atom. The molecule has 7 heteroatoms. The minimum absolute atomic E-state index is 0.134. The molecule has 24 heavy (non-hydrogen) atoms. The van der Waals surface area contributed by atoms with E-state index < -0.39 is 0 Å². The van der Waals surface area contributed by atoms with Crippen LogP contribution in [0.1, 0.15) is 55.0 Å². The molecule has 3 unspecified atom stereocenters. The number of likely N-dealkylation sites (tertiary alicyclic amines) is 1. The van der Waals surface area contributed by atoms with Crippen LogP contribution < -0.4 is 10.6 Å². The summed E-state index contributed by atoms with van der Waals surface area (Å²) in [7, 11) is 0. The molecule has 0 radical (unpaired) electrons. The number of carbonyl (C=O) groups is 2. The fraction of sp³-hybridized carbons (Fsp3) is 0.706. The number of oxazole rings is 1. The monoisotopic (exact) mass is 332 g/mol. The molecule has 0 bridgehead atoms. The molecule has 0 spiro atoms. The Labute approximate surface area is 141 Å². The zero-order valence-corrected chi connectivity index (χ0v) is 14.0. The average molecular weight is 332 g/mol. The Balaban J connectivity index is 1.35. The second-order valence-electron chi connectivity index (χ2n) is 7.29. The number of hydrogen-bond acceptors (Lipinski definition) is 5. The molecule has 2 amide bonds. The molecule has 1 saturated carbocycles. The smallest absolute Gasteiger partial charge is 0.289 e. The topological polar surface area (TPSA) is 87.5 Å². The Morgan fingerprint density at radius 3 is 2.88 bits per heavy atom. The number of aromatic nitrogens is 1. The van der Waals surface area contributed by atoms with E-state index in [9.17, 15) is 9.59 Å². The molecule has 1 aliphatic carbocycles. The SMILES string of the molecule is CC1CC1N1CC(NC(=O)c2cnc(C3CCNCC3)o2)CC1=O. The van der Waals surface area contributed by atoms with Crippen molar-refractivity contribution >= 4 is 11.8 Å². The van der Waals surface area contributed by atoms with Crippen molar-refractivity contribution < 1.29 is 14.0 Å². The summed E-state index contributed by atoms with van der Waals surface area (Å²) in [6, 6.07) is 0.237. The van der Waals surface area contributed by atoms with Gasteiger partial charge in [0.1, 0.15) is 0 Å². The van der Waals surface area contributed by atoms with Crippen LogP contribution in [0.2, 0.25) is 0 Å². The molecule has 3 aliphatic rings. The van der Waals surface area contributed by atoms with Gasteiger partial charge in [0.05, 0.1) is 12.2 Å². The van der Waals surface area contributed by atoms with Crippen molar-refractivity contribution in [2.45, 2.75) is 50.6 Å². The van der Waals surface area contributed by atoms with Crippen molar-refractivity contribution in [3.05, 3.63) is 17.8 Å². The molecule has 3 atom stereocenters. The summed E-state index contributed by atoms with van der Waals surface area (Å²) in [6.07, 6.45) is 4.92. The highest BCUT2D eigenvalue weighted by Crippen LogP contribution is 2.37. The highest BCUT2D eigenvalue weighted by Gasteiger charge is 2.45. The van der Waals surface area contributed by atoms with Crippen LogP contribution in [0.4, 0.5) is 0 Å². The van der Waals surface area contributed by atoms with E-state index in [4.69, 9.17) is 4.42 Å². The van der Waals surface area contributed by atoms with Gasteiger partial charge in [-0.2, -0.15) is 0 Å². The minimum Gasteiger partial charge on any atom is -0.435 e. The lowest BCUT2D eigenvalue weighted by atomic mass is 9.98. The van der Waals surface area contributed by atoms with Crippen LogP contribution in [0.5, 0.6) is 0 Å². The van der Waals surface area contributed by atoms with Gasteiger partial charge >= 0.3 is 0 Å². The van der Waals surface area contributed by atoms with E-state index in [2.05, 4.69) is 22.5 Å². The largest absolute Gasteiger partial charge is 0.435 e. The molecule has 1 aromatic rings. The van der Waals surface area contributed by atoms with Crippen molar-refractivity contribution in [3.63, 3.8) is 0 Å². The lowest BCUT2D eigenvalue weighted by Crippen LogP contribution is -2.37. The summed E-state index contributed by atoms with van der Waals surface area (Å²) in [5.41, 5.74) is 0. The molecule has 3 fully saturated rings. The number of amides is 2. The zero-order valence-electron chi connectivity index (χ0n) is 14.0. The van der Waals surface area contributed by atoms with Gasteiger partial charge in [0.25, 0.3) is 5.91 Å². The van der Waals surface area contributed by atoms with Crippen molar-refractivity contribution in [2.75, 3.05) is 19.6 Å². The number of carbonyl (C=O) groups excluding carboxylic acids is 2. The summed E-state index contributed by atoms with van der Waals surface area (Å²) in [5.74, 6) is 1.64. The fourth-order valence-corrected chi connectivity index (χ4v) is 3.79. The molecule has 4 rings (SSSR count). The van der Waals surface area contributed by atoms with Crippen molar-refractivity contribution in [1.82, 2.24) is 20.5 Å². The molecule has 2 N–H and O–H groups in total. The van der Waals surface area contributed by atoms with Crippen molar-refractivity contribution in [1.29, 1.82) is 0 Å². The molecular weight excluding hydrogens is 308 g/mol. The maximum atomic E-state index is 12.4. The highest BCUT2D eigenvalue weighted by molar-refractivity contribution is 5.92. The Morgan fingerprint density at radius 1 is 1.42 bits per heavy atom. The summed E-state index contributed by atoms with van der Waals surface area (Å²) in [4.78, 5) is 30.6. The summed E-state index contributed by atoms with van der Waals surface area (Å²) in [5, 5.41) is 6.22. The zero-order chi connectivity index (χ0) is 16.7. The first-order chi connectivity index (χ1) is 11.6. The molecule has 130 valence electrons. The molecule has 1 aromatic heterocycles. The average Bonchev–Trinajstić information content (AvgIpc) is 3.00. The quantitative estimate of drug-likeness (QED) is 0.855. The predicted molar refractivity (Wildman–Crippen MR) is 86.5 cm³/mol. The molecular formula is C17H24N4O3. The summed E-state index contributed by atoms with van der Waals surface area (Å²) < 4.78 is 5.68. The van der Waals surface area contributed by atoms with E-state index in [1.165, 1.54) is 6.20 Å². The maximum absolute atomic E-state index is 12.4. The van der Waals surface area contributed by atoms with Crippen molar-refractivity contribution in [2.24, 2.45) is 5.92 Å². The Hall–Kier alpha value is -1.89. The van der Waals surface area contributed by atoms with E-state index in [0.29, 0.717) is 30.8 Å². The normalized spacial score (nSPS) is 30.6. The number of nitrogens with one attached hydrogen (secondary N) is 2. The molecule has 7 nitrogen and oxygen atoms in total. The van der Waals surface area contributed by atoms with Crippen LogP contribution in [0, 0.1) is 5.92 Å². The van der Waals surface area contributed by atoms with Gasteiger partial charge in [-0.15, -0.1) is 0 Å². The molecule has 0 aromatic carbocycles. The standard InChI is InChI=1S/C17H24N4O3/c1-10-6-13(10)21-9-12(7-15(21)22)20-16(23)14-8-19-17(24-14)11-2-4-18-5-3-11/h8,10-13,18H,2-7,9H2,1H3,(H,20,23). The van der Waals surface area contributed by atoms with Gasteiger partial charge < -0.3 is 20.0 Å². The molecule has 2 saturated heterocycles. The van der Waals surface area contributed by atoms with E-state index >= 15 is 0 Å². The minimum atomic E-state index is -0.272. The van der Waals surface area contributed by atoms with E-state index in [1.807, 2.05) is 4.90 Å². The molecule has 2 aliphatic heterocycles. The van der Waals surface area contributed by atoms with Gasteiger partial charge in [0, 0.05) is 24.9 Å². The van der Waals surface area contributed by atoms with Crippen molar-refractivity contribution in [3.8, 4) is 0 Å². The van der Waals surface area contributed by atoms with Crippen LogP contribution in [-0.2, 0) is 4.79 Å². The van der Waals surface area contributed by atoms with Gasteiger partial charge in [-0.1, -0.05) is 6.92 Å².